The highest BCUT2D eigenvalue weighted by atomic mass is 16.6. The van der Waals surface area contributed by atoms with Crippen LogP contribution in [0.4, 0.5) is 5.82 Å². The molecule has 3 rings (SSSR count). The summed E-state index contributed by atoms with van der Waals surface area (Å²) in [6.45, 7) is 2.88. The van der Waals surface area contributed by atoms with E-state index in [0.29, 0.717) is 25.7 Å². The van der Waals surface area contributed by atoms with E-state index in [0.717, 1.165) is 12.4 Å². The third-order valence-corrected chi connectivity index (χ3v) is 3.95. The summed E-state index contributed by atoms with van der Waals surface area (Å²) in [7, 11) is 2.05. The molecule has 19 heavy (non-hydrogen) atoms. The maximum Gasteiger partial charge on any atom is 0.132 e. The Kier molecular flexibility index (Phi) is 3.94. The van der Waals surface area contributed by atoms with E-state index in [-0.39, 0.29) is 6.10 Å². The lowest BCUT2D eigenvalue weighted by molar-refractivity contribution is -0.0837. The summed E-state index contributed by atoms with van der Waals surface area (Å²) in [4.78, 5) is 10.9. The van der Waals surface area contributed by atoms with E-state index in [1.54, 1.807) is 6.33 Å². The molecule has 0 aromatic carbocycles. The van der Waals surface area contributed by atoms with E-state index in [2.05, 4.69) is 20.9 Å². The molecule has 0 bridgehead atoms. The summed E-state index contributed by atoms with van der Waals surface area (Å²) in [5.74, 6) is 1.62. The van der Waals surface area contributed by atoms with Gasteiger partial charge >= 0.3 is 0 Å². The van der Waals surface area contributed by atoms with Crippen molar-refractivity contribution in [1.82, 2.24) is 9.97 Å². The summed E-state index contributed by atoms with van der Waals surface area (Å²) < 4.78 is 11.1. The first-order chi connectivity index (χ1) is 9.33. The van der Waals surface area contributed by atoms with Crippen LogP contribution in [0.15, 0.2) is 12.4 Å². The third-order valence-electron chi connectivity index (χ3n) is 3.95. The topological polar surface area (TPSA) is 47.5 Å². The zero-order valence-electron chi connectivity index (χ0n) is 11.4. The molecule has 2 heterocycles. The largest absolute Gasteiger partial charge is 0.376 e. The maximum absolute atomic E-state index is 5.67. The summed E-state index contributed by atoms with van der Waals surface area (Å²) >= 11 is 0. The average Bonchev–Trinajstić information content (AvgIpc) is 2.38. The Bertz CT molecular complexity index is 417. The molecule has 0 amide bonds. The summed E-state index contributed by atoms with van der Waals surface area (Å²) in [6, 6.07) is 2.12. The van der Waals surface area contributed by atoms with Crippen LogP contribution in [0, 0.1) is 0 Å². The smallest absolute Gasteiger partial charge is 0.132 e. The Morgan fingerprint density at radius 2 is 2.21 bits per heavy atom. The Morgan fingerprint density at radius 3 is 2.89 bits per heavy atom. The number of ether oxygens (including phenoxy) is 2. The van der Waals surface area contributed by atoms with Gasteiger partial charge in [0.1, 0.15) is 12.1 Å². The Balaban J connectivity index is 1.63. The van der Waals surface area contributed by atoms with Crippen molar-refractivity contribution in [2.75, 3.05) is 38.3 Å². The van der Waals surface area contributed by atoms with E-state index >= 15 is 0 Å². The van der Waals surface area contributed by atoms with Crippen LogP contribution < -0.4 is 4.90 Å². The molecular weight excluding hydrogens is 242 g/mol. The van der Waals surface area contributed by atoms with Gasteiger partial charge in [-0.1, -0.05) is 6.42 Å². The number of rotatable bonds is 4. The highest BCUT2D eigenvalue weighted by molar-refractivity contribution is 5.39. The number of hydrogen-bond donors (Lipinski definition) is 0. The zero-order chi connectivity index (χ0) is 13.1. The van der Waals surface area contributed by atoms with Crippen molar-refractivity contribution in [2.45, 2.75) is 31.3 Å². The van der Waals surface area contributed by atoms with Crippen molar-refractivity contribution in [3.05, 3.63) is 18.1 Å². The van der Waals surface area contributed by atoms with Crippen LogP contribution in [0.3, 0.4) is 0 Å². The van der Waals surface area contributed by atoms with E-state index in [1.165, 1.54) is 25.0 Å². The van der Waals surface area contributed by atoms with Crippen molar-refractivity contribution in [1.29, 1.82) is 0 Å². The third kappa shape index (κ3) is 3.04. The van der Waals surface area contributed by atoms with Gasteiger partial charge in [0.25, 0.3) is 0 Å². The minimum absolute atomic E-state index is 0.140. The SMILES string of the molecule is CN(CC1COCCO1)c1cc(C2CCC2)ncn1. The monoisotopic (exact) mass is 263 g/mol. The second-order valence-corrected chi connectivity index (χ2v) is 5.38. The molecule has 1 aliphatic heterocycles. The van der Waals surface area contributed by atoms with Crippen LogP contribution in [0.1, 0.15) is 30.9 Å². The fourth-order valence-electron chi connectivity index (χ4n) is 2.54. The van der Waals surface area contributed by atoms with Crippen molar-refractivity contribution in [2.24, 2.45) is 0 Å². The van der Waals surface area contributed by atoms with Crippen molar-refractivity contribution < 1.29 is 9.47 Å². The Labute approximate surface area is 113 Å². The lowest BCUT2D eigenvalue weighted by Gasteiger charge is -2.29. The first kappa shape index (κ1) is 12.8. The van der Waals surface area contributed by atoms with E-state index < -0.39 is 0 Å². The van der Waals surface area contributed by atoms with Crippen LogP contribution in [-0.4, -0.2) is 49.5 Å². The minimum Gasteiger partial charge on any atom is -0.376 e. The molecule has 5 nitrogen and oxygen atoms in total. The van der Waals surface area contributed by atoms with Gasteiger partial charge in [0.2, 0.25) is 0 Å². The zero-order valence-corrected chi connectivity index (χ0v) is 11.4. The maximum atomic E-state index is 5.67. The molecule has 1 saturated heterocycles. The summed E-state index contributed by atoms with van der Waals surface area (Å²) in [5.41, 5.74) is 1.18. The molecule has 1 aromatic rings. The fraction of sp³-hybridized carbons (Fsp3) is 0.714. The van der Waals surface area contributed by atoms with Crippen molar-refractivity contribution in [3.8, 4) is 0 Å². The lowest BCUT2D eigenvalue weighted by atomic mass is 9.83. The number of hydrogen-bond acceptors (Lipinski definition) is 5. The van der Waals surface area contributed by atoms with Gasteiger partial charge in [-0.3, -0.25) is 0 Å². The van der Waals surface area contributed by atoms with Gasteiger partial charge in [-0.25, -0.2) is 9.97 Å². The van der Waals surface area contributed by atoms with Gasteiger partial charge in [0, 0.05) is 31.3 Å². The van der Waals surface area contributed by atoms with Crippen LogP contribution in [-0.2, 0) is 9.47 Å². The molecule has 5 heteroatoms. The minimum atomic E-state index is 0.140. The summed E-state index contributed by atoms with van der Waals surface area (Å²) in [6.07, 6.45) is 5.67. The number of aromatic nitrogens is 2. The normalized spacial score (nSPS) is 23.9. The standard InChI is InChI=1S/C14H21N3O2/c1-17(8-12-9-18-5-6-19-12)14-7-13(15-10-16-14)11-3-2-4-11/h7,10-12H,2-6,8-9H2,1H3. The van der Waals surface area contributed by atoms with Crippen LogP contribution in [0.2, 0.25) is 0 Å². The highest BCUT2D eigenvalue weighted by Gasteiger charge is 2.22. The molecule has 104 valence electrons. The summed E-state index contributed by atoms with van der Waals surface area (Å²) in [5, 5.41) is 0. The number of likely N-dealkylation sites (N-methyl/N-ethyl adjacent to an activating group) is 1. The van der Waals surface area contributed by atoms with Gasteiger partial charge in [-0.05, 0) is 12.8 Å². The molecule has 1 aliphatic carbocycles. The molecule has 2 fully saturated rings. The predicted octanol–water partition coefficient (Wildman–Crippen LogP) is 1.60. The second-order valence-electron chi connectivity index (χ2n) is 5.38. The Morgan fingerprint density at radius 1 is 1.32 bits per heavy atom. The molecule has 0 radical (unpaired) electrons. The molecule has 2 aliphatic rings. The molecule has 0 spiro atoms. The molecule has 1 atom stereocenters. The number of nitrogens with zero attached hydrogens (tertiary/aromatic N) is 3. The first-order valence-corrected chi connectivity index (χ1v) is 7.05. The average molecular weight is 263 g/mol. The van der Waals surface area contributed by atoms with Gasteiger partial charge < -0.3 is 14.4 Å². The van der Waals surface area contributed by atoms with Crippen LogP contribution >= 0.6 is 0 Å². The van der Waals surface area contributed by atoms with Gasteiger partial charge in [-0.15, -0.1) is 0 Å². The van der Waals surface area contributed by atoms with Gasteiger partial charge in [0.15, 0.2) is 0 Å². The highest BCUT2D eigenvalue weighted by Crippen LogP contribution is 2.35. The van der Waals surface area contributed by atoms with Crippen molar-refractivity contribution >= 4 is 5.82 Å². The van der Waals surface area contributed by atoms with Crippen LogP contribution in [0.25, 0.3) is 0 Å². The predicted molar refractivity (Wildman–Crippen MR) is 72.5 cm³/mol. The van der Waals surface area contributed by atoms with E-state index in [1.807, 2.05) is 7.05 Å². The van der Waals surface area contributed by atoms with E-state index in [9.17, 15) is 0 Å². The van der Waals surface area contributed by atoms with Gasteiger partial charge in [0.05, 0.1) is 25.9 Å². The Hall–Kier alpha value is -1.20. The molecule has 1 unspecified atom stereocenters. The fourth-order valence-corrected chi connectivity index (χ4v) is 2.54. The van der Waals surface area contributed by atoms with Gasteiger partial charge in [-0.2, -0.15) is 0 Å². The second kappa shape index (κ2) is 5.84. The van der Waals surface area contributed by atoms with Crippen LogP contribution in [0.5, 0.6) is 0 Å². The lowest BCUT2D eigenvalue weighted by Crippen LogP contribution is -2.38. The number of anilines is 1. The van der Waals surface area contributed by atoms with E-state index in [4.69, 9.17) is 9.47 Å². The molecular formula is C14H21N3O2. The first-order valence-electron chi connectivity index (χ1n) is 7.05. The molecule has 0 N–H and O–H groups in total. The molecule has 1 aromatic heterocycles. The quantitative estimate of drug-likeness (QED) is 0.825. The molecule has 1 saturated carbocycles. The van der Waals surface area contributed by atoms with Crippen molar-refractivity contribution in [3.63, 3.8) is 0 Å².